The molecule has 2 nitrogen and oxygen atoms in total. The second kappa shape index (κ2) is 4.10. The van der Waals surface area contributed by atoms with Crippen molar-refractivity contribution in [3.8, 4) is 0 Å². The van der Waals surface area contributed by atoms with Gasteiger partial charge >= 0.3 is 0 Å². The fourth-order valence-corrected chi connectivity index (χ4v) is 1.95. The summed E-state index contributed by atoms with van der Waals surface area (Å²) in [6.07, 6.45) is 2.24. The van der Waals surface area contributed by atoms with E-state index in [1.165, 1.54) is 24.7 Å². The van der Waals surface area contributed by atoms with Crippen LogP contribution in [0.15, 0.2) is 35.1 Å². The maximum absolute atomic E-state index is 13.1. The molecule has 0 amide bonds. The van der Waals surface area contributed by atoms with Gasteiger partial charge in [0.1, 0.15) is 11.9 Å². The van der Waals surface area contributed by atoms with Gasteiger partial charge in [0.15, 0.2) is 0 Å². The van der Waals surface area contributed by atoms with Crippen LogP contribution in [0.3, 0.4) is 0 Å². The smallest absolute Gasteiger partial charge is 0.123 e. The van der Waals surface area contributed by atoms with Gasteiger partial charge in [-0.2, -0.15) is 0 Å². The zero-order valence-electron chi connectivity index (χ0n) is 9.20. The maximum Gasteiger partial charge on any atom is 0.123 e. The van der Waals surface area contributed by atoms with Crippen molar-refractivity contribution < 1.29 is 13.9 Å². The quantitative estimate of drug-likeness (QED) is 0.843. The molecule has 1 aromatic heterocycles. The molecule has 0 aliphatic heterocycles. The van der Waals surface area contributed by atoms with Crippen LogP contribution < -0.4 is 0 Å². The molecule has 84 valence electrons. The molecule has 0 aliphatic rings. The highest BCUT2D eigenvalue weighted by Gasteiger charge is 2.17. The van der Waals surface area contributed by atoms with Gasteiger partial charge in [0, 0.05) is 5.56 Å². The Hall–Kier alpha value is -1.61. The van der Waals surface area contributed by atoms with Crippen molar-refractivity contribution in [3.63, 3.8) is 0 Å². The Morgan fingerprint density at radius 1 is 1.25 bits per heavy atom. The van der Waals surface area contributed by atoms with Gasteiger partial charge in [-0.1, -0.05) is 0 Å². The molecule has 0 aliphatic carbocycles. The lowest BCUT2D eigenvalue weighted by Gasteiger charge is -2.15. The minimum atomic E-state index is -0.764. The average molecular weight is 220 g/mol. The second-order valence-corrected chi connectivity index (χ2v) is 3.91. The van der Waals surface area contributed by atoms with Crippen LogP contribution in [0.1, 0.15) is 28.4 Å². The Morgan fingerprint density at radius 3 is 2.38 bits per heavy atom. The molecule has 2 aromatic rings. The lowest BCUT2D eigenvalue weighted by atomic mass is 9.95. The third-order valence-corrected chi connectivity index (χ3v) is 2.69. The molecule has 0 saturated carbocycles. The van der Waals surface area contributed by atoms with Crippen LogP contribution in [0, 0.1) is 19.7 Å². The molecule has 0 saturated heterocycles. The summed E-state index contributed by atoms with van der Waals surface area (Å²) in [5, 5.41) is 10.2. The third kappa shape index (κ3) is 1.86. The zero-order valence-corrected chi connectivity index (χ0v) is 9.20. The van der Waals surface area contributed by atoms with Gasteiger partial charge in [-0.05, 0) is 48.7 Å². The number of benzene rings is 1. The molecule has 1 unspecified atom stereocenters. The first kappa shape index (κ1) is 10.9. The first-order chi connectivity index (χ1) is 7.59. The molecular formula is C13H13FO2. The number of hydrogen-bond donors (Lipinski definition) is 1. The largest absolute Gasteiger partial charge is 0.472 e. The Kier molecular flexibility index (Phi) is 2.79. The van der Waals surface area contributed by atoms with Gasteiger partial charge in [-0.15, -0.1) is 0 Å². The topological polar surface area (TPSA) is 33.4 Å². The van der Waals surface area contributed by atoms with E-state index in [9.17, 15) is 9.50 Å². The first-order valence-electron chi connectivity index (χ1n) is 5.06. The SMILES string of the molecule is Cc1cc(F)cc(C)c1C(O)c1ccoc1. The summed E-state index contributed by atoms with van der Waals surface area (Å²) in [7, 11) is 0. The van der Waals surface area contributed by atoms with Crippen molar-refractivity contribution in [2.24, 2.45) is 0 Å². The van der Waals surface area contributed by atoms with Crippen LogP contribution in [0.5, 0.6) is 0 Å². The van der Waals surface area contributed by atoms with E-state index in [0.29, 0.717) is 5.56 Å². The minimum Gasteiger partial charge on any atom is -0.472 e. The van der Waals surface area contributed by atoms with E-state index < -0.39 is 6.10 Å². The Morgan fingerprint density at radius 2 is 1.88 bits per heavy atom. The van der Waals surface area contributed by atoms with Crippen molar-refractivity contribution >= 4 is 0 Å². The molecule has 2 rings (SSSR count). The van der Waals surface area contributed by atoms with Crippen molar-refractivity contribution in [1.82, 2.24) is 0 Å². The van der Waals surface area contributed by atoms with Crippen LogP contribution in [-0.4, -0.2) is 5.11 Å². The van der Waals surface area contributed by atoms with Crippen LogP contribution in [0.25, 0.3) is 0 Å². The predicted octanol–water partition coefficient (Wildman–Crippen LogP) is 3.12. The highest BCUT2D eigenvalue weighted by atomic mass is 19.1. The summed E-state index contributed by atoms with van der Waals surface area (Å²) in [5.41, 5.74) is 2.90. The fraction of sp³-hybridized carbons (Fsp3) is 0.231. The molecule has 0 fully saturated rings. The van der Waals surface area contributed by atoms with Crippen molar-refractivity contribution in [3.05, 3.63) is 58.8 Å². The number of furan rings is 1. The third-order valence-electron chi connectivity index (χ3n) is 2.69. The number of aliphatic hydroxyl groups is 1. The molecular weight excluding hydrogens is 207 g/mol. The summed E-state index contributed by atoms with van der Waals surface area (Å²) in [5.74, 6) is -0.279. The van der Waals surface area contributed by atoms with Crippen molar-refractivity contribution in [1.29, 1.82) is 0 Å². The monoisotopic (exact) mass is 220 g/mol. The van der Waals surface area contributed by atoms with E-state index in [1.54, 1.807) is 19.9 Å². The van der Waals surface area contributed by atoms with Gasteiger partial charge in [-0.25, -0.2) is 4.39 Å². The molecule has 0 spiro atoms. The summed E-state index contributed by atoms with van der Waals surface area (Å²) in [4.78, 5) is 0. The van der Waals surface area contributed by atoms with E-state index in [0.717, 1.165) is 16.7 Å². The van der Waals surface area contributed by atoms with Gasteiger partial charge in [0.2, 0.25) is 0 Å². The molecule has 1 N–H and O–H groups in total. The molecule has 1 aromatic carbocycles. The maximum atomic E-state index is 13.1. The standard InChI is InChI=1S/C13H13FO2/c1-8-5-11(14)6-9(2)12(8)13(15)10-3-4-16-7-10/h3-7,13,15H,1-2H3. The summed E-state index contributed by atoms with van der Waals surface area (Å²) in [6.45, 7) is 3.57. The van der Waals surface area contributed by atoms with Crippen molar-refractivity contribution in [2.45, 2.75) is 20.0 Å². The molecule has 16 heavy (non-hydrogen) atoms. The number of hydrogen-bond acceptors (Lipinski definition) is 2. The number of halogens is 1. The predicted molar refractivity (Wildman–Crippen MR) is 58.6 cm³/mol. The van der Waals surface area contributed by atoms with Crippen LogP contribution in [-0.2, 0) is 0 Å². The molecule has 1 heterocycles. The van der Waals surface area contributed by atoms with E-state index in [4.69, 9.17) is 4.42 Å². The minimum absolute atomic E-state index is 0.279. The van der Waals surface area contributed by atoms with Crippen LogP contribution in [0.4, 0.5) is 4.39 Å². The Balaban J connectivity index is 2.48. The van der Waals surface area contributed by atoms with Crippen LogP contribution >= 0.6 is 0 Å². The van der Waals surface area contributed by atoms with Gasteiger partial charge < -0.3 is 9.52 Å². The van der Waals surface area contributed by atoms with Crippen molar-refractivity contribution in [2.75, 3.05) is 0 Å². The lowest BCUT2D eigenvalue weighted by Crippen LogP contribution is -2.04. The first-order valence-corrected chi connectivity index (χ1v) is 5.06. The molecule has 1 atom stereocenters. The van der Waals surface area contributed by atoms with E-state index in [-0.39, 0.29) is 5.82 Å². The Labute approximate surface area is 93.3 Å². The highest BCUT2D eigenvalue weighted by molar-refractivity contribution is 5.40. The van der Waals surface area contributed by atoms with E-state index in [1.807, 2.05) is 0 Å². The second-order valence-electron chi connectivity index (χ2n) is 3.91. The van der Waals surface area contributed by atoms with Gasteiger partial charge in [0.05, 0.1) is 12.5 Å². The van der Waals surface area contributed by atoms with Gasteiger partial charge in [0.25, 0.3) is 0 Å². The normalized spacial score (nSPS) is 12.8. The zero-order chi connectivity index (χ0) is 11.7. The fourth-order valence-electron chi connectivity index (χ4n) is 1.95. The summed E-state index contributed by atoms with van der Waals surface area (Å²) >= 11 is 0. The molecule has 0 radical (unpaired) electrons. The number of aryl methyl sites for hydroxylation is 2. The lowest BCUT2D eigenvalue weighted by molar-refractivity contribution is 0.217. The number of aliphatic hydroxyl groups excluding tert-OH is 1. The molecule has 0 bridgehead atoms. The average Bonchev–Trinajstić information content (AvgIpc) is 2.67. The van der Waals surface area contributed by atoms with Gasteiger partial charge in [-0.3, -0.25) is 0 Å². The highest BCUT2D eigenvalue weighted by Crippen LogP contribution is 2.28. The summed E-state index contributed by atoms with van der Waals surface area (Å²) < 4.78 is 18.0. The molecule has 3 heteroatoms. The van der Waals surface area contributed by atoms with E-state index >= 15 is 0 Å². The number of rotatable bonds is 2. The van der Waals surface area contributed by atoms with Crippen LogP contribution in [0.2, 0.25) is 0 Å². The van der Waals surface area contributed by atoms with E-state index in [2.05, 4.69) is 0 Å². The summed E-state index contributed by atoms with van der Waals surface area (Å²) in [6, 6.07) is 4.55. The Bertz CT molecular complexity index is 466.